The normalized spacial score (nSPS) is 13.9. The summed E-state index contributed by atoms with van der Waals surface area (Å²) in [6.45, 7) is 2.99. The number of nitrogens with one attached hydrogen (secondary N) is 2. The molecular weight excluding hydrogens is 864 g/mol. The first-order valence-corrected chi connectivity index (χ1v) is 23.9. The molecule has 14 nitrogen and oxygen atoms in total. The Morgan fingerprint density at radius 2 is 1.20 bits per heavy atom. The summed E-state index contributed by atoms with van der Waals surface area (Å²) in [6, 6.07) is 15.8. The van der Waals surface area contributed by atoms with Gasteiger partial charge >= 0.3 is 24.1 Å². The molecule has 0 unspecified atom stereocenters. The molecule has 0 bridgehead atoms. The molecule has 2 atom stereocenters. The average molecular weight is 936 g/mol. The van der Waals surface area contributed by atoms with E-state index < -0.39 is 30.9 Å². The number of carbonyl (C=O) groups excluding carboxylic acids is 5. The van der Waals surface area contributed by atoms with Crippen molar-refractivity contribution in [2.24, 2.45) is 0 Å². The number of aliphatic carboxylic acids is 1. The molecule has 66 heavy (non-hydrogen) atoms. The van der Waals surface area contributed by atoms with Crippen molar-refractivity contribution in [1.29, 1.82) is 0 Å². The van der Waals surface area contributed by atoms with Crippen LogP contribution in [0.4, 0.5) is 9.59 Å². The first-order chi connectivity index (χ1) is 32.1. The molecule has 0 saturated carbocycles. The molecule has 4 amide bonds. The van der Waals surface area contributed by atoms with E-state index in [9.17, 15) is 28.8 Å². The highest BCUT2D eigenvalue weighted by atomic mass is 35.5. The van der Waals surface area contributed by atoms with Crippen LogP contribution in [0.25, 0.3) is 0 Å². The number of carboxylic acids is 1. The molecule has 0 aliphatic heterocycles. The fourth-order valence-electron chi connectivity index (χ4n) is 7.85. The Morgan fingerprint density at radius 1 is 0.697 bits per heavy atom. The molecule has 0 radical (unpaired) electrons. The van der Waals surface area contributed by atoms with Gasteiger partial charge in [-0.2, -0.15) is 0 Å². The second-order valence-corrected chi connectivity index (χ2v) is 16.3. The van der Waals surface area contributed by atoms with E-state index in [2.05, 4.69) is 41.5 Å². The molecule has 3 N–H and O–H groups in total. The zero-order valence-electron chi connectivity index (χ0n) is 38.8. The second kappa shape index (κ2) is 35.5. The van der Waals surface area contributed by atoms with Crippen LogP contribution in [0.2, 0.25) is 0 Å². The number of carbonyl (C=O) groups is 6. The van der Waals surface area contributed by atoms with Gasteiger partial charge < -0.3 is 30.0 Å². The van der Waals surface area contributed by atoms with Crippen LogP contribution in [0.3, 0.4) is 0 Å². The van der Waals surface area contributed by atoms with Gasteiger partial charge in [-0.05, 0) is 67.2 Å². The Balaban J connectivity index is 0.000000451. The number of esters is 1. The highest BCUT2D eigenvalue weighted by molar-refractivity contribution is 6.17. The predicted molar refractivity (Wildman–Crippen MR) is 255 cm³/mol. The molecule has 0 aromatic heterocycles. The lowest BCUT2D eigenvalue weighted by Crippen LogP contribution is -2.35. The second-order valence-electron chi connectivity index (χ2n) is 16.0. The summed E-state index contributed by atoms with van der Waals surface area (Å²) in [4.78, 5) is 71.0. The SMILES string of the molecule is C#CCN(C(=O)OCCl)[C@@H]1CCc2ccccc21.C#CCN(C(=O)OCOC(=O)CCCNC(=O)CCCCCCCCCCCCC)[C@@H]1CCc2ccccc21.O=CNCCCC(=O)O. The van der Waals surface area contributed by atoms with E-state index in [-0.39, 0.29) is 50.0 Å². The van der Waals surface area contributed by atoms with Crippen LogP contribution in [-0.4, -0.2) is 90.4 Å². The lowest BCUT2D eigenvalue weighted by molar-refractivity contribution is -0.152. The number of hydrogen-bond donors (Lipinski definition) is 3. The van der Waals surface area contributed by atoms with E-state index in [1.165, 1.54) is 73.8 Å². The minimum Gasteiger partial charge on any atom is -0.481 e. The number of nitrogens with zero attached hydrogens (tertiary/aromatic N) is 2. The number of hydrogen-bond acceptors (Lipinski definition) is 9. The van der Waals surface area contributed by atoms with Gasteiger partial charge in [0, 0.05) is 32.4 Å². The van der Waals surface area contributed by atoms with Crippen molar-refractivity contribution >= 4 is 48.0 Å². The van der Waals surface area contributed by atoms with Crippen LogP contribution in [0, 0.1) is 24.7 Å². The third-order valence-corrected chi connectivity index (χ3v) is 11.3. The summed E-state index contributed by atoms with van der Waals surface area (Å²) in [5.41, 5.74) is 4.70. The molecule has 15 heteroatoms. The number of ether oxygens (including phenoxy) is 3. The predicted octanol–water partition coefficient (Wildman–Crippen LogP) is 9.38. The third-order valence-electron chi connectivity index (χ3n) is 11.2. The molecule has 2 aliphatic carbocycles. The zero-order chi connectivity index (χ0) is 48.2. The van der Waals surface area contributed by atoms with Gasteiger partial charge in [0.05, 0.1) is 25.2 Å². The van der Waals surface area contributed by atoms with Gasteiger partial charge in [0.1, 0.15) is 0 Å². The summed E-state index contributed by atoms with van der Waals surface area (Å²) >= 11 is 5.43. The Hall–Kier alpha value is -5.73. The number of rotatable bonds is 28. The number of terminal acetylenes is 2. The van der Waals surface area contributed by atoms with Gasteiger partial charge in [-0.3, -0.25) is 29.0 Å². The minimum atomic E-state index is -0.831. The summed E-state index contributed by atoms with van der Waals surface area (Å²) in [6.07, 6.45) is 29.3. The van der Waals surface area contributed by atoms with Crippen molar-refractivity contribution in [1.82, 2.24) is 20.4 Å². The maximum Gasteiger partial charge on any atom is 0.413 e. The van der Waals surface area contributed by atoms with Crippen LogP contribution < -0.4 is 10.6 Å². The number of carboxylic acid groups (broad SMARTS) is 1. The monoisotopic (exact) mass is 934 g/mol. The Labute approximate surface area is 397 Å². The summed E-state index contributed by atoms with van der Waals surface area (Å²) in [5.74, 6) is 3.73. The van der Waals surface area contributed by atoms with E-state index in [0.29, 0.717) is 38.8 Å². The van der Waals surface area contributed by atoms with Crippen molar-refractivity contribution in [2.45, 2.75) is 147 Å². The molecule has 2 aliphatic rings. The molecule has 4 rings (SSSR count). The van der Waals surface area contributed by atoms with Crippen molar-refractivity contribution in [3.63, 3.8) is 0 Å². The lowest BCUT2D eigenvalue weighted by atomic mass is 10.1. The summed E-state index contributed by atoms with van der Waals surface area (Å²) in [7, 11) is 0. The quantitative estimate of drug-likeness (QED) is 0.0186. The van der Waals surface area contributed by atoms with E-state index in [1.54, 1.807) is 4.90 Å². The number of halogens is 1. The summed E-state index contributed by atoms with van der Waals surface area (Å²) in [5, 5.41) is 13.3. The molecule has 2 aromatic carbocycles. The fourth-order valence-corrected chi connectivity index (χ4v) is 7.94. The molecule has 0 spiro atoms. The topological polar surface area (TPSA) is 181 Å². The van der Waals surface area contributed by atoms with Crippen LogP contribution in [0.15, 0.2) is 48.5 Å². The number of unbranched alkanes of at least 4 members (excludes halogenated alkanes) is 10. The average Bonchev–Trinajstić information content (AvgIpc) is 3.94. The number of fused-ring (bicyclic) bond motifs is 2. The number of benzene rings is 2. The Bertz CT molecular complexity index is 1850. The van der Waals surface area contributed by atoms with Crippen LogP contribution in [0.1, 0.15) is 157 Å². The number of aryl methyl sites for hydroxylation is 2. The lowest BCUT2D eigenvalue weighted by Gasteiger charge is -2.27. The smallest absolute Gasteiger partial charge is 0.413 e. The van der Waals surface area contributed by atoms with Gasteiger partial charge in [0.25, 0.3) is 0 Å². The van der Waals surface area contributed by atoms with E-state index in [4.69, 9.17) is 43.8 Å². The van der Waals surface area contributed by atoms with E-state index in [0.717, 1.165) is 49.7 Å². The van der Waals surface area contributed by atoms with Crippen LogP contribution >= 0.6 is 11.6 Å². The maximum atomic E-state index is 12.6. The largest absolute Gasteiger partial charge is 0.481 e. The van der Waals surface area contributed by atoms with Gasteiger partial charge in [0.2, 0.25) is 19.1 Å². The standard InChI is InChI=1S/C32H48N2O5.C14H14ClNO2.C5H9NO3/c1-3-5-6-7-8-9-10-11-12-13-14-20-30(35)33-24-17-21-31(36)38-26-39-32(37)34(25-4-2)29-23-22-27-18-15-16-19-28(27)29;1-2-9-16(14(17)18-10-15)13-8-7-11-5-3-4-6-12(11)13;7-4-6-3-1-2-5(8)9/h2,15-16,18-19,29H,3,5-14,17,20-26H2,1H3,(H,33,35);1,3-6,13H,7-10H2;4H,1-3H2,(H,6,7)(H,8,9)/t29-;13-;/m11./s1. The van der Waals surface area contributed by atoms with Gasteiger partial charge in [-0.15, -0.1) is 12.8 Å². The van der Waals surface area contributed by atoms with Crippen LogP contribution in [0.5, 0.6) is 0 Å². The summed E-state index contributed by atoms with van der Waals surface area (Å²) < 4.78 is 15.1. The van der Waals surface area contributed by atoms with Crippen molar-refractivity contribution in [2.75, 3.05) is 39.0 Å². The van der Waals surface area contributed by atoms with E-state index in [1.807, 2.05) is 36.4 Å². The van der Waals surface area contributed by atoms with E-state index >= 15 is 0 Å². The van der Waals surface area contributed by atoms with Crippen molar-refractivity contribution in [3.8, 4) is 24.7 Å². The Morgan fingerprint density at radius 3 is 1.70 bits per heavy atom. The molecular formula is C51H71ClN4O10. The molecule has 0 fully saturated rings. The maximum absolute atomic E-state index is 12.6. The van der Waals surface area contributed by atoms with Gasteiger partial charge in [-0.25, -0.2) is 9.59 Å². The van der Waals surface area contributed by atoms with Crippen molar-refractivity contribution < 1.29 is 48.1 Å². The number of amides is 4. The Kier molecular flexibility index (Phi) is 30.4. The first-order valence-electron chi connectivity index (χ1n) is 23.4. The van der Waals surface area contributed by atoms with Crippen molar-refractivity contribution in [3.05, 3.63) is 70.8 Å². The van der Waals surface area contributed by atoms with Gasteiger partial charge in [-0.1, -0.05) is 143 Å². The fraction of sp³-hybridized carbons (Fsp3) is 0.569. The van der Waals surface area contributed by atoms with Gasteiger partial charge in [0.15, 0.2) is 6.07 Å². The third kappa shape index (κ3) is 22.9. The molecule has 0 heterocycles. The number of alkyl halides is 1. The zero-order valence-corrected chi connectivity index (χ0v) is 39.5. The minimum absolute atomic E-state index is 0.00651. The molecule has 362 valence electrons. The molecule has 2 aromatic rings. The highest BCUT2D eigenvalue weighted by Gasteiger charge is 2.32. The first kappa shape index (κ1) is 56.4. The highest BCUT2D eigenvalue weighted by Crippen LogP contribution is 2.37. The molecule has 0 saturated heterocycles. The van der Waals surface area contributed by atoms with Crippen LogP contribution in [-0.2, 0) is 46.2 Å².